The number of anilines is 1. The van der Waals surface area contributed by atoms with E-state index in [9.17, 15) is 19.8 Å². The maximum atomic E-state index is 13.5. The maximum absolute atomic E-state index is 13.5. The van der Waals surface area contributed by atoms with E-state index in [2.05, 4.69) is 51.4 Å². The maximum Gasteiger partial charge on any atom is 0.273 e. The molecule has 3 aliphatic heterocycles. The van der Waals surface area contributed by atoms with Crippen molar-refractivity contribution in [3.63, 3.8) is 0 Å². The highest BCUT2D eigenvalue weighted by atomic mass is 32.1. The van der Waals surface area contributed by atoms with Gasteiger partial charge in [-0.2, -0.15) is 0 Å². The summed E-state index contributed by atoms with van der Waals surface area (Å²) in [6.45, 7) is 12.4. The molecule has 3 aromatic rings. The van der Waals surface area contributed by atoms with Crippen molar-refractivity contribution in [1.82, 2.24) is 25.0 Å². The molecule has 14 nitrogen and oxygen atoms in total. The number of ether oxygens (including phenoxy) is 4. The van der Waals surface area contributed by atoms with E-state index in [4.69, 9.17) is 18.9 Å². The summed E-state index contributed by atoms with van der Waals surface area (Å²) in [5.41, 5.74) is 2.81. The number of carbonyl (C=O) groups is 2. The van der Waals surface area contributed by atoms with E-state index in [1.807, 2.05) is 28.5 Å². The molecule has 1 atom stereocenters. The molecule has 4 aliphatic rings. The van der Waals surface area contributed by atoms with Crippen molar-refractivity contribution in [2.24, 2.45) is 0 Å². The van der Waals surface area contributed by atoms with Crippen LogP contribution in [0.3, 0.4) is 0 Å². The van der Waals surface area contributed by atoms with Crippen molar-refractivity contribution in [2.75, 3.05) is 90.7 Å². The van der Waals surface area contributed by atoms with Crippen LogP contribution in [0, 0.1) is 0 Å². The van der Waals surface area contributed by atoms with Gasteiger partial charge in [0.1, 0.15) is 41.8 Å². The molecule has 15 heteroatoms. The number of aliphatic hydroxyl groups is 1. The molecule has 2 amide bonds. The number of phenolic OH excluding ortho intramolecular Hbond substituents is 1. The first-order valence-electron chi connectivity index (χ1n) is 22.5. The van der Waals surface area contributed by atoms with Crippen molar-refractivity contribution in [2.45, 2.75) is 102 Å². The van der Waals surface area contributed by atoms with Gasteiger partial charge in [0.2, 0.25) is 5.91 Å². The average molecular weight is 863 g/mol. The third-order valence-corrected chi connectivity index (χ3v) is 13.6. The summed E-state index contributed by atoms with van der Waals surface area (Å²) in [5, 5.41) is 29.3. The van der Waals surface area contributed by atoms with Gasteiger partial charge in [0.15, 0.2) is 6.23 Å². The van der Waals surface area contributed by atoms with E-state index >= 15 is 0 Å². The first kappa shape index (κ1) is 45.0. The Hall–Kier alpha value is -3.99. The van der Waals surface area contributed by atoms with Crippen LogP contribution in [-0.4, -0.2) is 145 Å². The fourth-order valence-electron chi connectivity index (χ4n) is 8.90. The number of likely N-dealkylation sites (tertiary alicyclic amines) is 1. The standard InChI is InChI=1S/C46H66N6O8S/c1-33(2)44-48-38(31-61-44)45(56)51-25-29-60-46(32-51)17-21-50(22-18-46)24-28-58-37-11-8-34(9-12-37)15-26-57-27-16-41(55)52(36-6-4-3-5-7-36)23-20-47-19-14-35-10-13-39(53)42-43(35)59-30-40(54)49-42/h8-13,31,33,36,40,47,49,53-54H,3-7,14-30,32H2,1-2H3. The number of aromatic hydroxyl groups is 1. The summed E-state index contributed by atoms with van der Waals surface area (Å²) in [6.07, 6.45) is 8.40. The van der Waals surface area contributed by atoms with E-state index < -0.39 is 6.23 Å². The van der Waals surface area contributed by atoms with Crippen LogP contribution in [0.1, 0.15) is 97.8 Å². The minimum absolute atomic E-state index is 0.0158. The number of fused-ring (bicyclic) bond motifs is 1. The first-order valence-corrected chi connectivity index (χ1v) is 23.4. The molecule has 4 N–H and O–H groups in total. The molecule has 1 aromatic heterocycles. The van der Waals surface area contributed by atoms with E-state index in [0.29, 0.717) is 95.0 Å². The van der Waals surface area contributed by atoms with Gasteiger partial charge >= 0.3 is 0 Å². The number of morpholine rings is 1. The van der Waals surface area contributed by atoms with Crippen LogP contribution in [0.25, 0.3) is 0 Å². The predicted octanol–water partition coefficient (Wildman–Crippen LogP) is 5.42. The SMILES string of the molecule is CC(C)c1nc(C(=O)N2CCOC3(CCN(CCOc4ccc(CCOCCC(=O)N(CCNCCc5ccc(O)c6c5OCC(O)N6)C5CCCCC5)cc4)CC3)C2)cs1. The van der Waals surface area contributed by atoms with Gasteiger partial charge in [-0.15, -0.1) is 11.3 Å². The van der Waals surface area contributed by atoms with E-state index in [1.54, 1.807) is 17.4 Å². The average Bonchev–Trinajstić information content (AvgIpc) is 3.78. The lowest BCUT2D eigenvalue weighted by Gasteiger charge is -2.47. The zero-order valence-electron chi connectivity index (χ0n) is 36.1. The number of aromatic nitrogens is 1. The second kappa shape index (κ2) is 21.9. The molecule has 0 radical (unpaired) electrons. The molecule has 334 valence electrons. The summed E-state index contributed by atoms with van der Waals surface area (Å²) >= 11 is 1.56. The number of aliphatic hydroxyl groups excluding tert-OH is 1. The highest BCUT2D eigenvalue weighted by molar-refractivity contribution is 7.09. The zero-order chi connectivity index (χ0) is 42.6. The molecule has 2 aromatic carbocycles. The number of rotatable bonds is 19. The van der Waals surface area contributed by atoms with Crippen molar-refractivity contribution < 1.29 is 38.7 Å². The highest BCUT2D eigenvalue weighted by Gasteiger charge is 2.41. The van der Waals surface area contributed by atoms with Crippen molar-refractivity contribution >= 4 is 28.8 Å². The fourth-order valence-corrected chi connectivity index (χ4v) is 9.71. The van der Waals surface area contributed by atoms with Gasteiger partial charge in [0.25, 0.3) is 5.91 Å². The fraction of sp³-hybridized carbons (Fsp3) is 0.630. The number of benzene rings is 2. The Morgan fingerprint density at radius 1 is 1.03 bits per heavy atom. The number of piperidine rings is 1. The Balaban J connectivity index is 0.762. The summed E-state index contributed by atoms with van der Waals surface area (Å²) in [7, 11) is 0. The highest BCUT2D eigenvalue weighted by Crippen LogP contribution is 2.40. The van der Waals surface area contributed by atoms with Crippen molar-refractivity contribution in [1.29, 1.82) is 0 Å². The Bertz CT molecular complexity index is 1860. The molecule has 0 bridgehead atoms. The number of nitrogens with one attached hydrogen (secondary N) is 2. The molecule has 1 unspecified atom stereocenters. The molecule has 61 heavy (non-hydrogen) atoms. The Labute approximate surface area is 364 Å². The summed E-state index contributed by atoms with van der Waals surface area (Å²) in [6, 6.07) is 11.9. The van der Waals surface area contributed by atoms with Crippen molar-refractivity contribution in [3.05, 3.63) is 63.6 Å². The first-order chi connectivity index (χ1) is 29.7. The van der Waals surface area contributed by atoms with Gasteiger partial charge in [0, 0.05) is 56.6 Å². The summed E-state index contributed by atoms with van der Waals surface area (Å²) < 4.78 is 24.1. The number of amides is 2. The largest absolute Gasteiger partial charge is 0.506 e. The van der Waals surface area contributed by atoms with Crippen LogP contribution >= 0.6 is 11.3 Å². The van der Waals surface area contributed by atoms with Crippen LogP contribution in [0.15, 0.2) is 41.8 Å². The molecule has 2 saturated heterocycles. The number of hydrogen-bond donors (Lipinski definition) is 4. The quantitative estimate of drug-likeness (QED) is 0.0898. The van der Waals surface area contributed by atoms with Gasteiger partial charge in [-0.1, -0.05) is 51.3 Å². The second-order valence-electron chi connectivity index (χ2n) is 17.2. The number of carbonyl (C=O) groups excluding carboxylic acids is 2. The number of phenols is 1. The molecule has 1 spiro atoms. The van der Waals surface area contributed by atoms with E-state index in [0.717, 1.165) is 80.9 Å². The van der Waals surface area contributed by atoms with E-state index in [-0.39, 0.29) is 35.8 Å². The smallest absolute Gasteiger partial charge is 0.273 e. The molecule has 4 heterocycles. The number of hydrogen-bond acceptors (Lipinski definition) is 13. The lowest BCUT2D eigenvalue weighted by atomic mass is 9.89. The monoisotopic (exact) mass is 862 g/mol. The molecule has 1 saturated carbocycles. The lowest BCUT2D eigenvalue weighted by molar-refractivity contribution is -0.135. The molecular formula is C46H66N6O8S. The third kappa shape index (κ3) is 12.4. The van der Waals surface area contributed by atoms with Gasteiger partial charge in [-0.05, 0) is 74.4 Å². The summed E-state index contributed by atoms with van der Waals surface area (Å²) in [4.78, 5) is 37.8. The molecule has 7 rings (SSSR count). The van der Waals surface area contributed by atoms with Gasteiger partial charge in [-0.25, -0.2) is 4.98 Å². The normalized spacial score (nSPS) is 19.3. The van der Waals surface area contributed by atoms with Gasteiger partial charge < -0.3 is 49.6 Å². The Kier molecular flexibility index (Phi) is 16.2. The van der Waals surface area contributed by atoms with Crippen LogP contribution in [0.4, 0.5) is 5.69 Å². The van der Waals surface area contributed by atoms with Crippen LogP contribution in [0.5, 0.6) is 17.2 Å². The molecule has 3 fully saturated rings. The Morgan fingerprint density at radius 2 is 1.84 bits per heavy atom. The summed E-state index contributed by atoms with van der Waals surface area (Å²) in [5.74, 6) is 1.97. The lowest BCUT2D eigenvalue weighted by Crippen LogP contribution is -2.58. The number of thiazole rings is 1. The van der Waals surface area contributed by atoms with Gasteiger partial charge in [-0.3, -0.25) is 14.5 Å². The molecular weight excluding hydrogens is 797 g/mol. The second-order valence-corrected chi connectivity index (χ2v) is 18.1. The zero-order valence-corrected chi connectivity index (χ0v) is 36.9. The van der Waals surface area contributed by atoms with Crippen LogP contribution < -0.4 is 20.1 Å². The Morgan fingerprint density at radius 3 is 2.61 bits per heavy atom. The minimum Gasteiger partial charge on any atom is -0.506 e. The predicted molar refractivity (Wildman–Crippen MR) is 236 cm³/mol. The van der Waals surface area contributed by atoms with E-state index in [1.165, 1.54) is 12.0 Å². The van der Waals surface area contributed by atoms with Gasteiger partial charge in [0.05, 0.1) is 43.4 Å². The van der Waals surface area contributed by atoms with Crippen LogP contribution in [-0.2, 0) is 27.1 Å². The van der Waals surface area contributed by atoms with Crippen molar-refractivity contribution in [3.8, 4) is 17.2 Å². The van der Waals surface area contributed by atoms with Crippen LogP contribution in [0.2, 0.25) is 0 Å². The topological polar surface area (TPSA) is 158 Å². The third-order valence-electron chi connectivity index (χ3n) is 12.5. The molecule has 1 aliphatic carbocycles. The number of nitrogens with zero attached hydrogens (tertiary/aromatic N) is 4. The minimum atomic E-state index is -0.850.